The van der Waals surface area contributed by atoms with Crippen LogP contribution in [-0.4, -0.2) is 17.3 Å². The number of benzene rings is 1. The first-order valence-electron chi connectivity index (χ1n) is 5.98. The summed E-state index contributed by atoms with van der Waals surface area (Å²) in [7, 11) is 0. The van der Waals surface area contributed by atoms with E-state index in [1.54, 1.807) is 6.08 Å². The summed E-state index contributed by atoms with van der Waals surface area (Å²) in [5.74, 6) is 0.968. The molecule has 3 nitrogen and oxygen atoms in total. The summed E-state index contributed by atoms with van der Waals surface area (Å²) in [6.45, 7) is 8.48. The minimum atomic E-state index is -0.109. The van der Waals surface area contributed by atoms with Crippen LogP contribution in [0.1, 0.15) is 19.4 Å². The zero-order valence-corrected chi connectivity index (χ0v) is 11.6. The molecule has 2 rings (SSSR count). The third kappa shape index (κ3) is 3.01. The number of ether oxygens (including phenoxy) is 1. The molecule has 0 saturated carbocycles. The van der Waals surface area contributed by atoms with Crippen molar-refractivity contribution in [1.29, 1.82) is 0 Å². The number of nitrogens with one attached hydrogen (secondary N) is 2. The van der Waals surface area contributed by atoms with Gasteiger partial charge in [0.05, 0.1) is 0 Å². The van der Waals surface area contributed by atoms with Gasteiger partial charge >= 0.3 is 0 Å². The van der Waals surface area contributed by atoms with Crippen molar-refractivity contribution in [3.8, 4) is 5.75 Å². The Morgan fingerprint density at radius 2 is 2.33 bits per heavy atom. The van der Waals surface area contributed by atoms with E-state index in [-0.39, 0.29) is 5.60 Å². The Morgan fingerprint density at radius 1 is 1.56 bits per heavy atom. The number of thiocarbonyl (C=S) groups is 1. The highest BCUT2D eigenvalue weighted by Gasteiger charge is 2.29. The second kappa shape index (κ2) is 4.98. The lowest BCUT2D eigenvalue weighted by Crippen LogP contribution is -2.28. The summed E-state index contributed by atoms with van der Waals surface area (Å²) < 4.78 is 5.83. The summed E-state index contributed by atoms with van der Waals surface area (Å²) in [5.41, 5.74) is 2.09. The molecule has 1 aromatic carbocycles. The molecule has 0 bridgehead atoms. The maximum atomic E-state index is 5.83. The molecule has 0 saturated heterocycles. The lowest BCUT2D eigenvalue weighted by molar-refractivity contribution is 0.138. The molecule has 4 heteroatoms. The second-order valence-corrected chi connectivity index (χ2v) is 5.39. The van der Waals surface area contributed by atoms with E-state index in [1.165, 1.54) is 5.56 Å². The van der Waals surface area contributed by atoms with Gasteiger partial charge < -0.3 is 15.4 Å². The van der Waals surface area contributed by atoms with Crippen LogP contribution in [0.3, 0.4) is 0 Å². The van der Waals surface area contributed by atoms with Crippen LogP contribution in [0.4, 0.5) is 5.69 Å². The largest absolute Gasteiger partial charge is 0.487 e. The summed E-state index contributed by atoms with van der Waals surface area (Å²) >= 11 is 5.17. The molecule has 0 aromatic heterocycles. The molecule has 1 aromatic rings. The van der Waals surface area contributed by atoms with Crippen LogP contribution in [0.15, 0.2) is 30.9 Å². The number of hydrogen-bond acceptors (Lipinski definition) is 2. The normalized spacial score (nSPS) is 15.4. The average Bonchev–Trinajstić information content (AvgIpc) is 2.59. The first-order chi connectivity index (χ1) is 8.50. The molecule has 0 fully saturated rings. The minimum Gasteiger partial charge on any atom is -0.487 e. The van der Waals surface area contributed by atoms with Gasteiger partial charge in [-0.05, 0) is 44.3 Å². The molecule has 0 spiro atoms. The quantitative estimate of drug-likeness (QED) is 0.648. The molecule has 18 heavy (non-hydrogen) atoms. The van der Waals surface area contributed by atoms with Crippen LogP contribution in [-0.2, 0) is 6.42 Å². The van der Waals surface area contributed by atoms with Crippen LogP contribution >= 0.6 is 12.2 Å². The van der Waals surface area contributed by atoms with Gasteiger partial charge in [-0.2, -0.15) is 0 Å². The van der Waals surface area contributed by atoms with E-state index < -0.39 is 0 Å². The van der Waals surface area contributed by atoms with Gasteiger partial charge in [0.1, 0.15) is 11.4 Å². The monoisotopic (exact) mass is 262 g/mol. The fraction of sp³-hybridized carbons (Fsp3) is 0.357. The fourth-order valence-electron chi connectivity index (χ4n) is 2.03. The van der Waals surface area contributed by atoms with E-state index in [1.807, 2.05) is 12.1 Å². The van der Waals surface area contributed by atoms with Crippen LogP contribution < -0.4 is 15.4 Å². The van der Waals surface area contributed by atoms with Crippen LogP contribution in [0.5, 0.6) is 5.75 Å². The smallest absolute Gasteiger partial charge is 0.171 e. The molecule has 0 unspecified atom stereocenters. The minimum absolute atomic E-state index is 0.109. The van der Waals surface area contributed by atoms with Gasteiger partial charge in [-0.3, -0.25) is 0 Å². The molecule has 1 heterocycles. The number of rotatable bonds is 3. The third-order valence-corrected chi connectivity index (χ3v) is 2.97. The van der Waals surface area contributed by atoms with Crippen molar-refractivity contribution in [1.82, 2.24) is 5.32 Å². The first kappa shape index (κ1) is 12.9. The van der Waals surface area contributed by atoms with E-state index in [9.17, 15) is 0 Å². The molecule has 0 amide bonds. The van der Waals surface area contributed by atoms with Gasteiger partial charge in [-0.25, -0.2) is 0 Å². The molecule has 96 valence electrons. The van der Waals surface area contributed by atoms with Gasteiger partial charge in [-0.1, -0.05) is 6.08 Å². The number of anilines is 1. The SMILES string of the molecule is C=CCNC(=S)Nc1ccc2c(c1)CC(C)(C)O2. The van der Waals surface area contributed by atoms with E-state index in [2.05, 4.69) is 37.1 Å². The molecular weight excluding hydrogens is 244 g/mol. The summed E-state index contributed by atoms with van der Waals surface area (Å²) in [6.07, 6.45) is 2.69. The lowest BCUT2D eigenvalue weighted by Gasteiger charge is -2.16. The van der Waals surface area contributed by atoms with Gasteiger partial charge in [0.2, 0.25) is 0 Å². The first-order valence-corrected chi connectivity index (χ1v) is 6.39. The van der Waals surface area contributed by atoms with Gasteiger partial charge in [-0.15, -0.1) is 6.58 Å². The van der Waals surface area contributed by atoms with Crippen molar-refractivity contribution in [3.05, 3.63) is 36.4 Å². The van der Waals surface area contributed by atoms with Crippen molar-refractivity contribution in [3.63, 3.8) is 0 Å². The van der Waals surface area contributed by atoms with E-state index in [0.29, 0.717) is 11.7 Å². The highest BCUT2D eigenvalue weighted by Crippen LogP contribution is 2.36. The van der Waals surface area contributed by atoms with Crippen molar-refractivity contribution in [2.45, 2.75) is 25.9 Å². The van der Waals surface area contributed by atoms with E-state index in [4.69, 9.17) is 17.0 Å². The van der Waals surface area contributed by atoms with Crippen LogP contribution in [0, 0.1) is 0 Å². The van der Waals surface area contributed by atoms with Crippen molar-refractivity contribution >= 4 is 23.0 Å². The molecule has 1 aliphatic heterocycles. The van der Waals surface area contributed by atoms with E-state index in [0.717, 1.165) is 17.9 Å². The number of hydrogen-bond donors (Lipinski definition) is 2. The van der Waals surface area contributed by atoms with Crippen molar-refractivity contribution < 1.29 is 4.74 Å². The van der Waals surface area contributed by atoms with Crippen molar-refractivity contribution in [2.75, 3.05) is 11.9 Å². The zero-order chi connectivity index (χ0) is 13.2. The topological polar surface area (TPSA) is 33.3 Å². The van der Waals surface area contributed by atoms with Crippen LogP contribution in [0.25, 0.3) is 0 Å². The molecular formula is C14H18N2OS. The highest BCUT2D eigenvalue weighted by molar-refractivity contribution is 7.80. The van der Waals surface area contributed by atoms with Gasteiger partial charge in [0.25, 0.3) is 0 Å². The Hall–Kier alpha value is -1.55. The maximum absolute atomic E-state index is 5.83. The molecule has 0 aliphatic carbocycles. The number of fused-ring (bicyclic) bond motifs is 1. The summed E-state index contributed by atoms with van der Waals surface area (Å²) in [5, 5.41) is 6.79. The molecule has 2 N–H and O–H groups in total. The highest BCUT2D eigenvalue weighted by atomic mass is 32.1. The summed E-state index contributed by atoms with van der Waals surface area (Å²) in [4.78, 5) is 0. The Bertz CT molecular complexity index is 483. The van der Waals surface area contributed by atoms with Crippen LogP contribution in [0.2, 0.25) is 0 Å². The third-order valence-electron chi connectivity index (χ3n) is 2.73. The summed E-state index contributed by atoms with van der Waals surface area (Å²) in [6, 6.07) is 6.05. The predicted octanol–water partition coefficient (Wildman–Crippen LogP) is 2.87. The van der Waals surface area contributed by atoms with Gasteiger partial charge in [0, 0.05) is 24.2 Å². The lowest BCUT2D eigenvalue weighted by atomic mass is 10.0. The standard InChI is InChI=1S/C14H18N2OS/c1-4-7-15-13(18)16-11-5-6-12-10(8-11)9-14(2,3)17-12/h4-6,8H,1,7,9H2,2-3H3,(H2,15,16,18). The molecule has 0 atom stereocenters. The van der Waals surface area contributed by atoms with Crippen molar-refractivity contribution in [2.24, 2.45) is 0 Å². The zero-order valence-electron chi connectivity index (χ0n) is 10.7. The van der Waals surface area contributed by atoms with Gasteiger partial charge in [0.15, 0.2) is 5.11 Å². The Balaban J connectivity index is 2.05. The molecule has 0 radical (unpaired) electrons. The molecule has 1 aliphatic rings. The predicted molar refractivity (Wildman–Crippen MR) is 79.3 cm³/mol. The average molecular weight is 262 g/mol. The maximum Gasteiger partial charge on any atom is 0.171 e. The second-order valence-electron chi connectivity index (χ2n) is 4.98. The Kier molecular flexibility index (Phi) is 3.57. The van der Waals surface area contributed by atoms with E-state index >= 15 is 0 Å². The Morgan fingerprint density at radius 3 is 3.06 bits per heavy atom. The fourth-order valence-corrected chi connectivity index (χ4v) is 2.23. The Labute approximate surface area is 113 Å².